The molecule has 0 unspecified atom stereocenters. The highest BCUT2D eigenvalue weighted by Crippen LogP contribution is 2.14. The molecule has 0 aliphatic rings. The molecule has 0 fully saturated rings. The van der Waals surface area contributed by atoms with Crippen molar-refractivity contribution in [3.63, 3.8) is 0 Å². The summed E-state index contributed by atoms with van der Waals surface area (Å²) in [6, 6.07) is 3.23. The van der Waals surface area contributed by atoms with Crippen molar-refractivity contribution in [3.8, 4) is 0 Å². The molecule has 0 aromatic carbocycles. The molecule has 0 amide bonds. The maximum atomic E-state index is 11.5. The molecule has 18 heavy (non-hydrogen) atoms. The van der Waals surface area contributed by atoms with Gasteiger partial charge in [0.15, 0.2) is 4.67 Å². The van der Waals surface area contributed by atoms with Crippen LogP contribution < -0.4 is 11.2 Å². The fourth-order valence-electron chi connectivity index (χ4n) is 1.35. The van der Waals surface area contributed by atoms with Crippen LogP contribution in [-0.4, -0.2) is 14.5 Å². The summed E-state index contributed by atoms with van der Waals surface area (Å²) in [6.07, 6.45) is 0.886. The van der Waals surface area contributed by atoms with Gasteiger partial charge in [0.2, 0.25) is 0 Å². The maximum Gasteiger partial charge on any atom is 0.350 e. The summed E-state index contributed by atoms with van der Waals surface area (Å²) < 4.78 is 6.64. The molecule has 9 heteroatoms. The standard InChI is InChI=1S/C9H6BrN3O5/c10-7-2-1-5(18-7)3-12-4-6(13(16)17)8(14)11-9(12)15/h1-2,4H,3H2,(H,11,14,15). The van der Waals surface area contributed by atoms with Crippen LogP contribution in [0.1, 0.15) is 5.76 Å². The molecule has 2 heterocycles. The van der Waals surface area contributed by atoms with Gasteiger partial charge >= 0.3 is 16.9 Å². The van der Waals surface area contributed by atoms with Crippen LogP contribution in [0.2, 0.25) is 0 Å². The van der Waals surface area contributed by atoms with Gasteiger partial charge in [0.1, 0.15) is 5.76 Å². The Morgan fingerprint density at radius 3 is 2.72 bits per heavy atom. The SMILES string of the molecule is O=c1[nH]c(=O)n(Cc2ccc(Br)o2)cc1[N+](=O)[O-]. The van der Waals surface area contributed by atoms with Crippen LogP contribution >= 0.6 is 15.9 Å². The van der Waals surface area contributed by atoms with E-state index in [2.05, 4.69) is 15.9 Å². The van der Waals surface area contributed by atoms with E-state index in [9.17, 15) is 19.7 Å². The molecule has 8 nitrogen and oxygen atoms in total. The summed E-state index contributed by atoms with van der Waals surface area (Å²) in [4.78, 5) is 34.2. The van der Waals surface area contributed by atoms with Crippen LogP contribution in [0.15, 0.2) is 37.0 Å². The zero-order chi connectivity index (χ0) is 13.3. The number of hydrogen-bond donors (Lipinski definition) is 1. The summed E-state index contributed by atoms with van der Waals surface area (Å²) in [5.41, 5.74) is -2.46. The number of hydrogen-bond acceptors (Lipinski definition) is 5. The molecule has 1 N–H and O–H groups in total. The quantitative estimate of drug-likeness (QED) is 0.666. The van der Waals surface area contributed by atoms with Gasteiger partial charge in [-0.3, -0.25) is 24.5 Å². The first-order valence-corrected chi connectivity index (χ1v) is 5.49. The highest BCUT2D eigenvalue weighted by Gasteiger charge is 2.15. The van der Waals surface area contributed by atoms with Crippen molar-refractivity contribution < 1.29 is 9.34 Å². The van der Waals surface area contributed by atoms with E-state index >= 15 is 0 Å². The lowest BCUT2D eigenvalue weighted by atomic mass is 10.4. The van der Waals surface area contributed by atoms with Crippen LogP contribution in [0.3, 0.4) is 0 Å². The lowest BCUT2D eigenvalue weighted by Crippen LogP contribution is -2.31. The highest BCUT2D eigenvalue weighted by molar-refractivity contribution is 9.10. The second kappa shape index (κ2) is 4.61. The molecule has 0 aliphatic heterocycles. The predicted octanol–water partition coefficient (Wildman–Crippen LogP) is 0.849. The number of H-pyrrole nitrogens is 1. The second-order valence-electron chi connectivity index (χ2n) is 3.36. The molecule has 0 bridgehead atoms. The fraction of sp³-hybridized carbons (Fsp3) is 0.111. The van der Waals surface area contributed by atoms with Crippen molar-refractivity contribution in [2.75, 3.05) is 0 Å². The number of aromatic amines is 1. The lowest BCUT2D eigenvalue weighted by Gasteiger charge is -2.01. The number of aromatic nitrogens is 2. The summed E-state index contributed by atoms with van der Waals surface area (Å²) in [5, 5.41) is 10.6. The van der Waals surface area contributed by atoms with Crippen molar-refractivity contribution in [1.29, 1.82) is 0 Å². The molecule has 0 aliphatic carbocycles. The van der Waals surface area contributed by atoms with Crippen molar-refractivity contribution in [3.05, 3.63) is 59.7 Å². The molecular weight excluding hydrogens is 310 g/mol. The van der Waals surface area contributed by atoms with Gasteiger partial charge in [-0.15, -0.1) is 0 Å². The zero-order valence-electron chi connectivity index (χ0n) is 8.75. The van der Waals surface area contributed by atoms with Crippen molar-refractivity contribution in [2.45, 2.75) is 6.54 Å². The Morgan fingerprint density at radius 2 is 2.17 bits per heavy atom. The van der Waals surface area contributed by atoms with Crippen molar-refractivity contribution in [1.82, 2.24) is 9.55 Å². The van der Waals surface area contributed by atoms with Crippen LogP contribution in [0.5, 0.6) is 0 Å². The number of nitro groups is 1. The molecule has 0 spiro atoms. The smallest absolute Gasteiger partial charge is 0.350 e. The summed E-state index contributed by atoms with van der Waals surface area (Å²) in [5.74, 6) is 0.422. The van der Waals surface area contributed by atoms with Crippen LogP contribution in [0, 0.1) is 10.1 Å². The minimum absolute atomic E-state index is 0.0119. The largest absolute Gasteiger partial charge is 0.452 e. The Morgan fingerprint density at radius 1 is 1.44 bits per heavy atom. The van der Waals surface area contributed by atoms with Gasteiger partial charge < -0.3 is 4.42 Å². The van der Waals surface area contributed by atoms with E-state index in [4.69, 9.17) is 4.42 Å². The van der Waals surface area contributed by atoms with Gasteiger partial charge in [-0.1, -0.05) is 0 Å². The topological polar surface area (TPSA) is 111 Å². The monoisotopic (exact) mass is 315 g/mol. The first kappa shape index (κ1) is 12.3. The highest BCUT2D eigenvalue weighted by atomic mass is 79.9. The molecular formula is C9H6BrN3O5. The Balaban J connectivity index is 2.45. The molecule has 0 radical (unpaired) electrons. The molecule has 2 aromatic rings. The van der Waals surface area contributed by atoms with Gasteiger partial charge in [-0.2, -0.15) is 0 Å². The molecule has 0 atom stereocenters. The zero-order valence-corrected chi connectivity index (χ0v) is 10.3. The van der Waals surface area contributed by atoms with Gasteiger partial charge in [0.25, 0.3) is 0 Å². The molecule has 94 valence electrons. The van der Waals surface area contributed by atoms with E-state index in [1.54, 1.807) is 12.1 Å². The summed E-state index contributed by atoms with van der Waals surface area (Å²) >= 11 is 3.09. The fourth-order valence-corrected chi connectivity index (χ4v) is 1.69. The van der Waals surface area contributed by atoms with E-state index < -0.39 is 21.9 Å². The van der Waals surface area contributed by atoms with Crippen LogP contribution in [-0.2, 0) is 6.54 Å². The third-order valence-electron chi connectivity index (χ3n) is 2.14. The predicted molar refractivity (Wildman–Crippen MR) is 63.5 cm³/mol. The number of nitrogens with one attached hydrogen (secondary N) is 1. The van der Waals surface area contributed by atoms with Gasteiger partial charge in [-0.25, -0.2) is 4.79 Å². The number of nitrogens with zero attached hydrogens (tertiary/aromatic N) is 2. The Labute approximate surface area is 107 Å². The minimum Gasteiger partial charge on any atom is -0.452 e. The van der Waals surface area contributed by atoms with E-state index in [0.29, 0.717) is 10.4 Å². The minimum atomic E-state index is -1.03. The number of rotatable bonds is 3. The van der Waals surface area contributed by atoms with E-state index in [1.165, 1.54) is 0 Å². The van der Waals surface area contributed by atoms with Gasteiger partial charge in [0.05, 0.1) is 17.7 Å². The molecule has 2 aromatic heterocycles. The summed E-state index contributed by atoms with van der Waals surface area (Å²) in [7, 11) is 0. The van der Waals surface area contributed by atoms with Crippen molar-refractivity contribution >= 4 is 21.6 Å². The number of furan rings is 1. The van der Waals surface area contributed by atoms with Crippen LogP contribution in [0.25, 0.3) is 0 Å². The van der Waals surface area contributed by atoms with E-state index in [0.717, 1.165) is 10.8 Å². The molecule has 2 rings (SSSR count). The number of halogens is 1. The van der Waals surface area contributed by atoms with Gasteiger partial charge in [0, 0.05) is 0 Å². The van der Waals surface area contributed by atoms with Crippen molar-refractivity contribution in [2.24, 2.45) is 0 Å². The van der Waals surface area contributed by atoms with Gasteiger partial charge in [-0.05, 0) is 28.1 Å². The Hall–Kier alpha value is -2.16. The summed E-state index contributed by atoms with van der Waals surface area (Å²) in [6.45, 7) is -0.0119. The second-order valence-corrected chi connectivity index (χ2v) is 4.15. The third-order valence-corrected chi connectivity index (χ3v) is 2.57. The Bertz CT molecular complexity index is 713. The average molecular weight is 316 g/mol. The lowest BCUT2D eigenvalue weighted by molar-refractivity contribution is -0.386. The maximum absolute atomic E-state index is 11.5. The van der Waals surface area contributed by atoms with E-state index in [-0.39, 0.29) is 6.54 Å². The first-order valence-electron chi connectivity index (χ1n) is 4.70. The molecule has 0 saturated heterocycles. The average Bonchev–Trinajstić information content (AvgIpc) is 2.67. The first-order chi connectivity index (χ1) is 8.47. The normalized spacial score (nSPS) is 10.5. The third kappa shape index (κ3) is 2.40. The molecule has 0 saturated carbocycles. The van der Waals surface area contributed by atoms with E-state index in [1.807, 2.05) is 4.98 Å². The Kier molecular flexibility index (Phi) is 3.15. The van der Waals surface area contributed by atoms with Crippen LogP contribution in [0.4, 0.5) is 5.69 Å².